The summed E-state index contributed by atoms with van der Waals surface area (Å²) in [6.07, 6.45) is 2.77. The van der Waals surface area contributed by atoms with Gasteiger partial charge in [-0.25, -0.2) is 14.6 Å². The van der Waals surface area contributed by atoms with Crippen LogP contribution in [-0.4, -0.2) is 49.0 Å². The number of carboxylic acids is 1. The smallest absolute Gasteiger partial charge is 0.341 e. The van der Waals surface area contributed by atoms with Crippen LogP contribution in [0, 0.1) is 0 Å². The van der Waals surface area contributed by atoms with Crippen LogP contribution in [0.3, 0.4) is 0 Å². The largest absolute Gasteiger partial charge is 0.497 e. The molecule has 4 rings (SSSR count). The normalized spacial score (nSPS) is 14.7. The van der Waals surface area contributed by atoms with Gasteiger partial charge in [-0.1, -0.05) is 47.9 Å². The average molecular weight is 636 g/mol. The number of halogens is 2. The van der Waals surface area contributed by atoms with Crippen LogP contribution < -0.4 is 29.1 Å². The van der Waals surface area contributed by atoms with E-state index in [4.69, 9.17) is 52.2 Å². The Balaban J connectivity index is 1.97. The fourth-order valence-electron chi connectivity index (χ4n) is 4.55. The van der Waals surface area contributed by atoms with E-state index in [0.29, 0.717) is 50.5 Å². The molecule has 42 heavy (non-hydrogen) atoms. The summed E-state index contributed by atoms with van der Waals surface area (Å²) in [5.41, 5.74) is 1.36. The molecule has 2 heterocycles. The SMILES string of the molecule is CCCC1=C(C(=O)OCC)[C@@H](c2cc(OC)ccc2OC)n2c(s/c(=C\c3cc(Cl)c(OCC(=O)O)c(Cl)c3)c2=O)=N1. The molecule has 13 heteroatoms. The van der Waals surface area contributed by atoms with Crippen molar-refractivity contribution in [3.05, 3.63) is 82.5 Å². The molecule has 1 aliphatic rings. The van der Waals surface area contributed by atoms with Gasteiger partial charge in [-0.3, -0.25) is 9.36 Å². The lowest BCUT2D eigenvalue weighted by Gasteiger charge is -2.27. The fraction of sp³-hybridized carbons (Fsp3) is 0.310. The van der Waals surface area contributed by atoms with Crippen molar-refractivity contribution in [1.82, 2.24) is 4.57 Å². The number of aromatic nitrogens is 1. The summed E-state index contributed by atoms with van der Waals surface area (Å²) in [5, 5.41) is 9.07. The van der Waals surface area contributed by atoms with Crippen molar-refractivity contribution in [1.29, 1.82) is 0 Å². The molecule has 0 saturated heterocycles. The Morgan fingerprint density at radius 1 is 1.12 bits per heavy atom. The van der Waals surface area contributed by atoms with Crippen molar-refractivity contribution in [3.8, 4) is 17.2 Å². The van der Waals surface area contributed by atoms with Crippen LogP contribution >= 0.6 is 34.5 Å². The summed E-state index contributed by atoms with van der Waals surface area (Å²) in [7, 11) is 3.03. The Hall–Kier alpha value is -3.80. The highest BCUT2D eigenvalue weighted by Crippen LogP contribution is 2.39. The summed E-state index contributed by atoms with van der Waals surface area (Å²) >= 11 is 13.8. The van der Waals surface area contributed by atoms with Gasteiger partial charge in [0.05, 0.1) is 46.7 Å². The lowest BCUT2D eigenvalue weighted by atomic mass is 9.93. The Labute approximate surface area is 255 Å². The molecule has 0 aliphatic carbocycles. The maximum Gasteiger partial charge on any atom is 0.341 e. The summed E-state index contributed by atoms with van der Waals surface area (Å²) < 4.78 is 23.5. The molecule has 3 aromatic rings. The van der Waals surface area contributed by atoms with Crippen LogP contribution in [0.25, 0.3) is 6.08 Å². The molecule has 1 atom stereocenters. The van der Waals surface area contributed by atoms with Crippen LogP contribution in [0.1, 0.15) is 43.9 Å². The van der Waals surface area contributed by atoms with Crippen LogP contribution in [-0.2, 0) is 14.3 Å². The number of carbonyl (C=O) groups excluding carboxylic acids is 1. The number of benzene rings is 2. The van der Waals surface area contributed by atoms with Crippen molar-refractivity contribution >= 4 is 52.6 Å². The predicted octanol–water partition coefficient (Wildman–Crippen LogP) is 4.37. The highest BCUT2D eigenvalue weighted by atomic mass is 35.5. The Morgan fingerprint density at radius 3 is 2.43 bits per heavy atom. The van der Waals surface area contributed by atoms with E-state index in [-0.39, 0.29) is 28.0 Å². The first-order chi connectivity index (χ1) is 20.1. The van der Waals surface area contributed by atoms with Crippen molar-refractivity contribution in [2.45, 2.75) is 32.7 Å². The first-order valence-electron chi connectivity index (χ1n) is 12.9. The van der Waals surface area contributed by atoms with Gasteiger partial charge in [0, 0.05) is 5.56 Å². The minimum Gasteiger partial charge on any atom is -0.497 e. The third-order valence-corrected chi connectivity index (χ3v) is 7.83. The van der Waals surface area contributed by atoms with Crippen molar-refractivity contribution in [2.75, 3.05) is 27.4 Å². The minimum absolute atomic E-state index is 0.0211. The van der Waals surface area contributed by atoms with Gasteiger partial charge in [0.2, 0.25) is 0 Å². The first kappa shape index (κ1) is 31.1. The minimum atomic E-state index is -1.18. The molecule has 1 aliphatic heterocycles. The van der Waals surface area contributed by atoms with Gasteiger partial charge >= 0.3 is 11.9 Å². The molecule has 0 bridgehead atoms. The third kappa shape index (κ3) is 6.33. The number of nitrogens with zero attached hydrogens (tertiary/aromatic N) is 2. The second kappa shape index (κ2) is 13.5. The quantitative estimate of drug-likeness (QED) is 0.308. The zero-order valence-corrected chi connectivity index (χ0v) is 25.6. The van der Waals surface area contributed by atoms with E-state index in [1.165, 1.54) is 30.9 Å². The number of aliphatic carboxylic acids is 1. The van der Waals surface area contributed by atoms with Crippen LogP contribution in [0.4, 0.5) is 0 Å². The van der Waals surface area contributed by atoms with Crippen LogP contribution in [0.15, 0.2) is 51.4 Å². The second-order valence-corrected chi connectivity index (χ2v) is 10.8. The maximum absolute atomic E-state index is 14.0. The first-order valence-corrected chi connectivity index (χ1v) is 14.5. The van der Waals surface area contributed by atoms with E-state index in [1.807, 2.05) is 6.92 Å². The monoisotopic (exact) mass is 634 g/mol. The topological polar surface area (TPSA) is 126 Å². The predicted molar refractivity (Wildman–Crippen MR) is 159 cm³/mol. The molecule has 222 valence electrons. The Morgan fingerprint density at radius 2 is 1.83 bits per heavy atom. The summed E-state index contributed by atoms with van der Waals surface area (Å²) in [6.45, 7) is 3.21. The Bertz CT molecular complexity index is 1720. The number of carbonyl (C=O) groups is 2. The molecule has 0 amide bonds. The van der Waals surface area contributed by atoms with E-state index in [1.54, 1.807) is 31.2 Å². The van der Waals surface area contributed by atoms with Gasteiger partial charge in [-0.2, -0.15) is 0 Å². The number of rotatable bonds is 11. The van der Waals surface area contributed by atoms with Gasteiger partial charge in [-0.15, -0.1) is 0 Å². The lowest BCUT2D eigenvalue weighted by Crippen LogP contribution is -2.40. The number of hydrogen-bond donors (Lipinski definition) is 1. The van der Waals surface area contributed by atoms with Gasteiger partial charge in [-0.05, 0) is 55.3 Å². The molecule has 0 spiro atoms. The van der Waals surface area contributed by atoms with Gasteiger partial charge in [0.1, 0.15) is 17.5 Å². The third-order valence-electron chi connectivity index (χ3n) is 6.28. The Kier molecular flexibility index (Phi) is 9.97. The molecule has 10 nitrogen and oxygen atoms in total. The average Bonchev–Trinajstić information content (AvgIpc) is 3.25. The number of esters is 1. The highest BCUT2D eigenvalue weighted by molar-refractivity contribution is 7.07. The molecular weight excluding hydrogens is 607 g/mol. The molecule has 0 fully saturated rings. The van der Waals surface area contributed by atoms with E-state index in [2.05, 4.69) is 0 Å². The fourth-order valence-corrected chi connectivity index (χ4v) is 6.19. The summed E-state index contributed by atoms with van der Waals surface area (Å²) in [5.74, 6) is -0.776. The number of methoxy groups -OCH3 is 2. The number of ether oxygens (including phenoxy) is 4. The van der Waals surface area contributed by atoms with Crippen molar-refractivity contribution < 1.29 is 33.6 Å². The van der Waals surface area contributed by atoms with Gasteiger partial charge in [0.25, 0.3) is 5.56 Å². The molecule has 1 N–H and O–H groups in total. The molecule has 0 unspecified atom stereocenters. The maximum atomic E-state index is 14.0. The van der Waals surface area contributed by atoms with E-state index in [9.17, 15) is 14.4 Å². The summed E-state index contributed by atoms with van der Waals surface area (Å²) in [6, 6.07) is 7.28. The van der Waals surface area contributed by atoms with Crippen LogP contribution in [0.5, 0.6) is 17.2 Å². The molecule has 0 radical (unpaired) electrons. The number of hydrogen-bond acceptors (Lipinski definition) is 9. The van der Waals surface area contributed by atoms with Crippen molar-refractivity contribution in [3.63, 3.8) is 0 Å². The number of carboxylic acid groups (broad SMARTS) is 1. The molecule has 0 saturated carbocycles. The van der Waals surface area contributed by atoms with E-state index < -0.39 is 30.1 Å². The van der Waals surface area contributed by atoms with Gasteiger partial charge < -0.3 is 24.1 Å². The van der Waals surface area contributed by atoms with Crippen molar-refractivity contribution in [2.24, 2.45) is 4.99 Å². The van der Waals surface area contributed by atoms with E-state index in [0.717, 1.165) is 11.3 Å². The molecule has 2 aromatic carbocycles. The number of fused-ring (bicyclic) bond motifs is 1. The number of thiazole rings is 1. The molecular formula is C29H28Cl2N2O8S. The lowest BCUT2D eigenvalue weighted by molar-refractivity contribution is -0.140. The summed E-state index contributed by atoms with van der Waals surface area (Å²) in [4.78, 5) is 43.5. The standard InChI is InChI=1S/C29H28Cl2N2O8S/c1-5-7-20-24(28(37)40-6-2)25(17-13-16(38-3)8-9-21(17)39-4)33-27(36)22(42-29(33)32-20)12-15-10-18(30)26(19(31)11-15)41-14-23(34)35/h8-13,25H,5-7,14H2,1-4H3,(H,34,35)/b22-12-/t25-/m1/s1. The van der Waals surface area contributed by atoms with Crippen LogP contribution in [0.2, 0.25) is 10.0 Å². The zero-order valence-electron chi connectivity index (χ0n) is 23.2. The highest BCUT2D eigenvalue weighted by Gasteiger charge is 2.36. The zero-order chi connectivity index (χ0) is 30.6. The van der Waals surface area contributed by atoms with Gasteiger partial charge in [0.15, 0.2) is 17.2 Å². The number of allylic oxidation sites excluding steroid dienone is 1. The van der Waals surface area contributed by atoms with E-state index >= 15 is 0 Å². The second-order valence-electron chi connectivity index (χ2n) is 9.02. The molecule has 1 aromatic heterocycles.